The van der Waals surface area contributed by atoms with Crippen LogP contribution in [0.1, 0.15) is 44.3 Å². The number of aliphatic imine (C=N–C) groups is 1. The van der Waals surface area contributed by atoms with E-state index in [1.807, 2.05) is 7.05 Å². The molecule has 2 rings (SSSR count). The summed E-state index contributed by atoms with van der Waals surface area (Å²) in [5.41, 5.74) is 1.11. The van der Waals surface area contributed by atoms with Gasteiger partial charge in [-0.3, -0.25) is 4.99 Å². The maximum Gasteiger partial charge on any atom is 0.194 e. The summed E-state index contributed by atoms with van der Waals surface area (Å²) in [5, 5.41) is 7.53. The van der Waals surface area contributed by atoms with E-state index < -0.39 is 0 Å². The van der Waals surface area contributed by atoms with Crippen LogP contribution in [0.3, 0.4) is 0 Å². The molecule has 4 nitrogen and oxygen atoms in total. The summed E-state index contributed by atoms with van der Waals surface area (Å²) >= 11 is 3.84. The van der Waals surface area contributed by atoms with Gasteiger partial charge in [-0.25, -0.2) is 4.98 Å². The second kappa shape index (κ2) is 10.1. The Morgan fingerprint density at radius 1 is 1.43 bits per heavy atom. The molecule has 1 aromatic heterocycles. The van der Waals surface area contributed by atoms with Crippen LogP contribution in [0.5, 0.6) is 0 Å². The van der Waals surface area contributed by atoms with Crippen molar-refractivity contribution < 1.29 is 0 Å². The van der Waals surface area contributed by atoms with Gasteiger partial charge >= 0.3 is 0 Å². The van der Waals surface area contributed by atoms with Crippen LogP contribution < -0.4 is 5.32 Å². The van der Waals surface area contributed by atoms with Crippen molar-refractivity contribution >= 4 is 53.0 Å². The number of rotatable bonds is 4. The standard InChI is InChI=1S/C16H28N4S2.HI/c1-11(2)14-9-20(6-7-21-14)16(17-5)18-8-13-10-22-15(19-13)12(3)4;/h10-12,14H,6-9H2,1-5H3,(H,17,18);1H. The number of thioether (sulfide) groups is 1. The molecule has 1 N–H and O–H groups in total. The fraction of sp³-hybridized carbons (Fsp3) is 0.750. The van der Waals surface area contributed by atoms with Gasteiger partial charge in [-0.15, -0.1) is 35.3 Å². The lowest BCUT2D eigenvalue weighted by Gasteiger charge is -2.36. The van der Waals surface area contributed by atoms with E-state index >= 15 is 0 Å². The van der Waals surface area contributed by atoms with Gasteiger partial charge in [-0.2, -0.15) is 11.8 Å². The van der Waals surface area contributed by atoms with Crippen LogP contribution in [-0.2, 0) is 6.54 Å². The number of nitrogens with zero attached hydrogens (tertiary/aromatic N) is 3. The van der Waals surface area contributed by atoms with E-state index in [1.54, 1.807) is 11.3 Å². The molecule has 1 aromatic rings. The first kappa shape index (κ1) is 21.0. The summed E-state index contributed by atoms with van der Waals surface area (Å²) in [7, 11) is 1.87. The molecule has 132 valence electrons. The topological polar surface area (TPSA) is 40.5 Å². The highest BCUT2D eigenvalue weighted by atomic mass is 127. The third-order valence-electron chi connectivity index (χ3n) is 3.84. The Labute approximate surface area is 166 Å². The van der Waals surface area contributed by atoms with Crippen molar-refractivity contribution in [2.45, 2.75) is 45.4 Å². The number of guanidine groups is 1. The molecule has 0 saturated carbocycles. The van der Waals surface area contributed by atoms with Crippen molar-refractivity contribution in [2.75, 3.05) is 25.9 Å². The molecule has 1 fully saturated rings. The Bertz CT molecular complexity index is 502. The van der Waals surface area contributed by atoms with Crippen LogP contribution in [-0.4, -0.2) is 47.0 Å². The molecule has 0 bridgehead atoms. The summed E-state index contributed by atoms with van der Waals surface area (Å²) < 4.78 is 0. The van der Waals surface area contributed by atoms with E-state index in [4.69, 9.17) is 0 Å². The zero-order valence-electron chi connectivity index (χ0n) is 14.7. The molecule has 0 spiro atoms. The number of hydrogen-bond acceptors (Lipinski definition) is 4. The van der Waals surface area contributed by atoms with E-state index in [0.717, 1.165) is 31.3 Å². The second-order valence-electron chi connectivity index (χ2n) is 6.33. The third-order valence-corrected chi connectivity index (χ3v) is 6.57. The molecular formula is C16H29IN4S2. The van der Waals surface area contributed by atoms with Crippen LogP contribution >= 0.6 is 47.1 Å². The summed E-state index contributed by atoms with van der Waals surface area (Å²) in [6.07, 6.45) is 0. The minimum absolute atomic E-state index is 0. The largest absolute Gasteiger partial charge is 0.351 e. The Kier molecular flexibility index (Phi) is 9.21. The minimum atomic E-state index is 0. The molecule has 0 amide bonds. The fourth-order valence-corrected chi connectivity index (χ4v) is 4.58. The second-order valence-corrected chi connectivity index (χ2v) is 8.57. The van der Waals surface area contributed by atoms with E-state index in [9.17, 15) is 0 Å². The average Bonchev–Trinajstić information content (AvgIpc) is 2.97. The first-order valence-electron chi connectivity index (χ1n) is 8.02. The average molecular weight is 468 g/mol. The predicted molar refractivity (Wildman–Crippen MR) is 114 cm³/mol. The minimum Gasteiger partial charge on any atom is -0.351 e. The summed E-state index contributed by atoms with van der Waals surface area (Å²) in [4.78, 5) is 11.5. The van der Waals surface area contributed by atoms with Gasteiger partial charge in [-0.1, -0.05) is 27.7 Å². The lowest BCUT2D eigenvalue weighted by atomic mass is 10.1. The van der Waals surface area contributed by atoms with E-state index in [-0.39, 0.29) is 24.0 Å². The summed E-state index contributed by atoms with van der Waals surface area (Å²) in [6.45, 7) is 11.9. The molecular weight excluding hydrogens is 439 g/mol. The van der Waals surface area contributed by atoms with Crippen molar-refractivity contribution in [3.05, 3.63) is 16.1 Å². The summed E-state index contributed by atoms with van der Waals surface area (Å²) in [5.74, 6) is 3.39. The van der Waals surface area contributed by atoms with Gasteiger partial charge in [-0.05, 0) is 5.92 Å². The molecule has 2 heterocycles. The number of thiazole rings is 1. The zero-order valence-corrected chi connectivity index (χ0v) is 18.7. The highest BCUT2D eigenvalue weighted by Gasteiger charge is 2.24. The number of halogens is 1. The van der Waals surface area contributed by atoms with Crippen molar-refractivity contribution in [2.24, 2.45) is 10.9 Å². The van der Waals surface area contributed by atoms with Crippen LogP contribution in [0.4, 0.5) is 0 Å². The van der Waals surface area contributed by atoms with Crippen LogP contribution in [0.25, 0.3) is 0 Å². The van der Waals surface area contributed by atoms with Crippen molar-refractivity contribution in [1.82, 2.24) is 15.2 Å². The quantitative estimate of drug-likeness (QED) is 0.412. The lowest BCUT2D eigenvalue weighted by Crippen LogP contribution is -2.48. The summed E-state index contributed by atoms with van der Waals surface area (Å²) in [6, 6.07) is 0. The third kappa shape index (κ3) is 6.08. The monoisotopic (exact) mass is 468 g/mol. The van der Waals surface area contributed by atoms with E-state index in [2.05, 4.69) is 65.0 Å². The van der Waals surface area contributed by atoms with E-state index in [0.29, 0.717) is 17.1 Å². The number of aromatic nitrogens is 1. The maximum absolute atomic E-state index is 4.68. The molecule has 0 radical (unpaired) electrons. The molecule has 1 unspecified atom stereocenters. The van der Waals surface area contributed by atoms with Gasteiger partial charge in [0, 0.05) is 42.4 Å². The molecule has 0 aliphatic carbocycles. The van der Waals surface area contributed by atoms with Crippen molar-refractivity contribution in [3.63, 3.8) is 0 Å². The Hall–Kier alpha value is -0.0200. The SMILES string of the molecule is CN=C(NCc1csc(C(C)C)n1)N1CCSC(C(C)C)C1.I. The molecule has 7 heteroatoms. The molecule has 1 aliphatic heterocycles. The predicted octanol–water partition coefficient (Wildman–Crippen LogP) is 4.03. The van der Waals surface area contributed by atoms with Gasteiger partial charge in [0.05, 0.1) is 17.2 Å². The zero-order chi connectivity index (χ0) is 16.1. The number of nitrogens with one attached hydrogen (secondary N) is 1. The molecule has 23 heavy (non-hydrogen) atoms. The van der Waals surface area contributed by atoms with Crippen molar-refractivity contribution in [3.8, 4) is 0 Å². The van der Waals surface area contributed by atoms with Gasteiger partial charge in [0.2, 0.25) is 0 Å². The van der Waals surface area contributed by atoms with Crippen molar-refractivity contribution in [1.29, 1.82) is 0 Å². The van der Waals surface area contributed by atoms with Gasteiger partial charge in [0.25, 0.3) is 0 Å². The number of hydrogen-bond donors (Lipinski definition) is 1. The van der Waals surface area contributed by atoms with Crippen LogP contribution in [0.2, 0.25) is 0 Å². The smallest absolute Gasteiger partial charge is 0.194 e. The Balaban J connectivity index is 0.00000264. The van der Waals surface area contributed by atoms with Gasteiger partial charge in [0.15, 0.2) is 5.96 Å². The maximum atomic E-state index is 4.68. The molecule has 1 atom stereocenters. The van der Waals surface area contributed by atoms with E-state index in [1.165, 1.54) is 10.8 Å². The fourth-order valence-electron chi connectivity index (χ4n) is 2.44. The van der Waals surface area contributed by atoms with Gasteiger partial charge in [0.1, 0.15) is 0 Å². The molecule has 0 aromatic carbocycles. The Morgan fingerprint density at radius 3 is 2.74 bits per heavy atom. The lowest BCUT2D eigenvalue weighted by molar-refractivity contribution is 0.380. The van der Waals surface area contributed by atoms with Crippen LogP contribution in [0, 0.1) is 5.92 Å². The first-order chi connectivity index (χ1) is 10.5. The first-order valence-corrected chi connectivity index (χ1v) is 9.95. The Morgan fingerprint density at radius 2 is 2.17 bits per heavy atom. The molecule has 1 saturated heterocycles. The van der Waals surface area contributed by atoms with Crippen LogP contribution in [0.15, 0.2) is 10.4 Å². The van der Waals surface area contributed by atoms with Gasteiger partial charge < -0.3 is 10.2 Å². The molecule has 1 aliphatic rings. The highest BCUT2D eigenvalue weighted by molar-refractivity contribution is 14.0. The normalized spacial score (nSPS) is 19.2. The highest BCUT2D eigenvalue weighted by Crippen LogP contribution is 2.25.